The van der Waals surface area contributed by atoms with Crippen LogP contribution in [0.25, 0.3) is 5.52 Å². The summed E-state index contributed by atoms with van der Waals surface area (Å²) in [6, 6.07) is 2.38. The minimum absolute atomic E-state index is 0.209. The van der Waals surface area contributed by atoms with Gasteiger partial charge in [-0.25, -0.2) is 9.50 Å². The number of amides is 1. The van der Waals surface area contributed by atoms with Crippen molar-refractivity contribution in [3.63, 3.8) is 0 Å². The summed E-state index contributed by atoms with van der Waals surface area (Å²) < 4.78 is 3.77. The standard InChI is InChI=1S/C17H19N7O/c18-16(25)12-8-20-24(9-12)13-3-5-22(10-13)17-15-7-14(11-1-2-11)21-23(15)6-4-19-17/h4,6-9,11,13H,1-3,5,10H2,(H2,18,25). The molecule has 2 aliphatic rings. The van der Waals surface area contributed by atoms with E-state index in [9.17, 15) is 4.79 Å². The van der Waals surface area contributed by atoms with Crippen molar-refractivity contribution in [2.24, 2.45) is 5.73 Å². The Kier molecular flexibility index (Phi) is 3.06. The molecule has 1 aliphatic heterocycles. The third-order valence-corrected chi connectivity index (χ3v) is 5.11. The van der Waals surface area contributed by atoms with Gasteiger partial charge in [0.05, 0.1) is 23.5 Å². The van der Waals surface area contributed by atoms with Crippen molar-refractivity contribution >= 4 is 17.2 Å². The Morgan fingerprint density at radius 2 is 2.16 bits per heavy atom. The fourth-order valence-corrected chi connectivity index (χ4v) is 3.56. The van der Waals surface area contributed by atoms with E-state index in [0.29, 0.717) is 11.5 Å². The van der Waals surface area contributed by atoms with E-state index in [1.165, 1.54) is 24.7 Å². The Bertz CT molecular complexity index is 955. The maximum atomic E-state index is 11.3. The molecule has 1 saturated heterocycles. The molecule has 2 N–H and O–H groups in total. The number of rotatable bonds is 4. The lowest BCUT2D eigenvalue weighted by Gasteiger charge is -2.18. The molecule has 5 rings (SSSR count). The molecule has 2 fully saturated rings. The summed E-state index contributed by atoms with van der Waals surface area (Å²) in [4.78, 5) is 18.1. The summed E-state index contributed by atoms with van der Waals surface area (Å²) in [6.45, 7) is 1.70. The van der Waals surface area contributed by atoms with Crippen LogP contribution in [0.15, 0.2) is 30.9 Å². The molecular weight excluding hydrogens is 318 g/mol. The van der Waals surface area contributed by atoms with Gasteiger partial charge in [-0.1, -0.05) is 0 Å². The van der Waals surface area contributed by atoms with Gasteiger partial charge in [0.15, 0.2) is 5.82 Å². The summed E-state index contributed by atoms with van der Waals surface area (Å²) in [5.74, 6) is 1.14. The Balaban J connectivity index is 1.42. The van der Waals surface area contributed by atoms with Gasteiger partial charge in [0.1, 0.15) is 5.52 Å². The second-order valence-corrected chi connectivity index (χ2v) is 6.89. The molecule has 0 aromatic carbocycles. The molecule has 0 radical (unpaired) electrons. The lowest BCUT2D eigenvalue weighted by molar-refractivity contribution is 0.1000. The Morgan fingerprint density at radius 3 is 2.92 bits per heavy atom. The second-order valence-electron chi connectivity index (χ2n) is 6.89. The van der Waals surface area contributed by atoms with Gasteiger partial charge < -0.3 is 10.6 Å². The fourth-order valence-electron chi connectivity index (χ4n) is 3.56. The predicted octanol–water partition coefficient (Wildman–Crippen LogP) is 1.35. The van der Waals surface area contributed by atoms with Gasteiger partial charge in [0.2, 0.25) is 0 Å². The first-order valence-electron chi connectivity index (χ1n) is 8.62. The summed E-state index contributed by atoms with van der Waals surface area (Å²) in [5, 5.41) is 8.98. The van der Waals surface area contributed by atoms with Crippen LogP contribution in [0.3, 0.4) is 0 Å². The number of carbonyl (C=O) groups is 1. The van der Waals surface area contributed by atoms with E-state index in [-0.39, 0.29) is 6.04 Å². The molecule has 1 amide bonds. The molecule has 3 aromatic rings. The topological polar surface area (TPSA) is 94.3 Å². The molecule has 1 saturated carbocycles. The van der Waals surface area contributed by atoms with E-state index in [1.54, 1.807) is 12.4 Å². The molecule has 1 atom stereocenters. The highest BCUT2D eigenvalue weighted by Gasteiger charge is 2.30. The van der Waals surface area contributed by atoms with Crippen molar-refractivity contribution in [1.82, 2.24) is 24.4 Å². The first-order valence-corrected chi connectivity index (χ1v) is 8.62. The van der Waals surface area contributed by atoms with Crippen molar-refractivity contribution in [2.75, 3.05) is 18.0 Å². The third-order valence-electron chi connectivity index (χ3n) is 5.11. The zero-order chi connectivity index (χ0) is 17.0. The van der Waals surface area contributed by atoms with Crippen LogP contribution in [-0.2, 0) is 0 Å². The van der Waals surface area contributed by atoms with Crippen molar-refractivity contribution in [3.05, 3.63) is 42.1 Å². The third kappa shape index (κ3) is 2.45. The number of hydrogen-bond acceptors (Lipinski definition) is 5. The van der Waals surface area contributed by atoms with Crippen LogP contribution in [0, 0.1) is 0 Å². The monoisotopic (exact) mass is 337 g/mol. The number of hydrogen-bond donors (Lipinski definition) is 1. The van der Waals surface area contributed by atoms with E-state index in [1.807, 2.05) is 15.4 Å². The Hall–Kier alpha value is -2.90. The van der Waals surface area contributed by atoms with Gasteiger partial charge in [-0.05, 0) is 25.3 Å². The molecule has 4 heterocycles. The van der Waals surface area contributed by atoms with E-state index in [4.69, 9.17) is 5.73 Å². The number of primary amides is 1. The average Bonchev–Trinajstić information content (AvgIpc) is 3.06. The Morgan fingerprint density at radius 1 is 1.28 bits per heavy atom. The van der Waals surface area contributed by atoms with Gasteiger partial charge in [-0.2, -0.15) is 10.2 Å². The van der Waals surface area contributed by atoms with Crippen LogP contribution < -0.4 is 10.6 Å². The van der Waals surface area contributed by atoms with Crippen molar-refractivity contribution < 1.29 is 4.79 Å². The maximum absolute atomic E-state index is 11.3. The number of anilines is 1. The minimum atomic E-state index is -0.445. The molecule has 8 nitrogen and oxygen atoms in total. The predicted molar refractivity (Wildman–Crippen MR) is 91.6 cm³/mol. The highest BCUT2D eigenvalue weighted by molar-refractivity contribution is 5.92. The number of nitrogens with two attached hydrogens (primary N) is 1. The summed E-state index contributed by atoms with van der Waals surface area (Å²) in [7, 11) is 0. The fraction of sp³-hybridized carbons (Fsp3) is 0.412. The average molecular weight is 337 g/mol. The molecule has 128 valence electrons. The molecule has 1 unspecified atom stereocenters. The summed E-state index contributed by atoms with van der Waals surface area (Å²) in [6.07, 6.45) is 10.4. The molecule has 1 aliphatic carbocycles. The molecule has 3 aromatic heterocycles. The molecule has 8 heteroatoms. The maximum Gasteiger partial charge on any atom is 0.251 e. The van der Waals surface area contributed by atoms with Crippen LogP contribution in [-0.4, -0.2) is 43.4 Å². The largest absolute Gasteiger partial charge is 0.366 e. The first kappa shape index (κ1) is 14.4. The lowest BCUT2D eigenvalue weighted by Crippen LogP contribution is -2.22. The van der Waals surface area contributed by atoms with E-state index in [0.717, 1.165) is 30.8 Å². The SMILES string of the molecule is NC(=O)c1cnn(C2CCN(c3nccn4nc(C5CC5)cc34)C2)c1. The van der Waals surface area contributed by atoms with Crippen molar-refractivity contribution in [2.45, 2.75) is 31.2 Å². The van der Waals surface area contributed by atoms with Gasteiger partial charge in [-0.3, -0.25) is 9.48 Å². The lowest BCUT2D eigenvalue weighted by atomic mass is 10.2. The number of nitrogens with zero attached hydrogens (tertiary/aromatic N) is 6. The highest BCUT2D eigenvalue weighted by Crippen LogP contribution is 2.40. The zero-order valence-corrected chi connectivity index (χ0v) is 13.7. The normalized spacial score (nSPS) is 20.5. The summed E-state index contributed by atoms with van der Waals surface area (Å²) in [5.41, 5.74) is 7.99. The number of carbonyl (C=O) groups excluding carboxylic acids is 1. The number of fused-ring (bicyclic) bond motifs is 1. The quantitative estimate of drug-likeness (QED) is 0.775. The summed E-state index contributed by atoms with van der Waals surface area (Å²) >= 11 is 0. The van der Waals surface area contributed by atoms with Gasteiger partial charge >= 0.3 is 0 Å². The van der Waals surface area contributed by atoms with Crippen LogP contribution in [0.2, 0.25) is 0 Å². The van der Waals surface area contributed by atoms with Crippen molar-refractivity contribution in [1.29, 1.82) is 0 Å². The van der Waals surface area contributed by atoms with Crippen LogP contribution in [0.5, 0.6) is 0 Å². The minimum Gasteiger partial charge on any atom is -0.366 e. The van der Waals surface area contributed by atoms with Crippen LogP contribution >= 0.6 is 0 Å². The highest BCUT2D eigenvalue weighted by atomic mass is 16.1. The number of aromatic nitrogens is 5. The second kappa shape index (κ2) is 5.30. The van der Waals surface area contributed by atoms with Gasteiger partial charge in [-0.15, -0.1) is 0 Å². The van der Waals surface area contributed by atoms with Crippen LogP contribution in [0.4, 0.5) is 5.82 Å². The molecular formula is C17H19N7O. The van der Waals surface area contributed by atoms with E-state index >= 15 is 0 Å². The van der Waals surface area contributed by atoms with Crippen LogP contribution in [0.1, 0.15) is 47.3 Å². The smallest absolute Gasteiger partial charge is 0.251 e. The van der Waals surface area contributed by atoms with Crippen molar-refractivity contribution in [3.8, 4) is 0 Å². The van der Waals surface area contributed by atoms with E-state index < -0.39 is 5.91 Å². The first-order chi connectivity index (χ1) is 12.2. The Labute approximate surface area is 144 Å². The van der Waals surface area contributed by atoms with Gasteiger partial charge in [0, 0.05) is 37.6 Å². The zero-order valence-electron chi connectivity index (χ0n) is 13.7. The molecule has 0 spiro atoms. The van der Waals surface area contributed by atoms with E-state index in [2.05, 4.69) is 26.1 Å². The molecule has 0 bridgehead atoms. The molecule has 25 heavy (non-hydrogen) atoms. The van der Waals surface area contributed by atoms with Gasteiger partial charge in [0.25, 0.3) is 5.91 Å².